The second-order valence-electron chi connectivity index (χ2n) is 5.91. The SMILES string of the molecule is COC[C@@H]1CCCN(C(=O)CN(C)c2ccccc2[N+](=O)[O-])C1. The number of carbonyl (C=O) groups is 1. The van der Waals surface area contributed by atoms with Gasteiger partial charge >= 0.3 is 0 Å². The van der Waals surface area contributed by atoms with Crippen molar-refractivity contribution in [3.63, 3.8) is 0 Å². The highest BCUT2D eigenvalue weighted by Crippen LogP contribution is 2.26. The van der Waals surface area contributed by atoms with E-state index in [1.165, 1.54) is 6.07 Å². The van der Waals surface area contributed by atoms with E-state index in [-0.39, 0.29) is 18.1 Å². The Morgan fingerprint density at radius 1 is 1.48 bits per heavy atom. The van der Waals surface area contributed by atoms with Crippen molar-refractivity contribution in [3.05, 3.63) is 34.4 Å². The number of hydrogen-bond acceptors (Lipinski definition) is 5. The summed E-state index contributed by atoms with van der Waals surface area (Å²) in [4.78, 5) is 26.6. The average molecular weight is 321 g/mol. The van der Waals surface area contributed by atoms with Crippen molar-refractivity contribution < 1.29 is 14.5 Å². The molecule has 7 nitrogen and oxygen atoms in total. The number of likely N-dealkylation sites (tertiary alicyclic amines) is 1. The zero-order valence-electron chi connectivity index (χ0n) is 13.6. The van der Waals surface area contributed by atoms with Crippen molar-refractivity contribution in [1.29, 1.82) is 0 Å². The number of methoxy groups -OCH3 is 1. The number of hydrogen-bond donors (Lipinski definition) is 0. The van der Waals surface area contributed by atoms with Crippen LogP contribution < -0.4 is 4.90 Å². The van der Waals surface area contributed by atoms with E-state index < -0.39 is 4.92 Å². The fourth-order valence-electron chi connectivity index (χ4n) is 2.99. The molecule has 1 aliphatic heterocycles. The van der Waals surface area contributed by atoms with Crippen molar-refractivity contribution in [2.75, 3.05) is 45.3 Å². The summed E-state index contributed by atoms with van der Waals surface area (Å²) in [5.74, 6) is 0.362. The Kier molecular flexibility index (Phi) is 5.92. The summed E-state index contributed by atoms with van der Waals surface area (Å²) in [5.41, 5.74) is 0.468. The molecule has 7 heteroatoms. The number of piperidine rings is 1. The molecule has 1 atom stereocenters. The third-order valence-electron chi connectivity index (χ3n) is 4.14. The smallest absolute Gasteiger partial charge is 0.292 e. The highest BCUT2D eigenvalue weighted by Gasteiger charge is 2.25. The second-order valence-corrected chi connectivity index (χ2v) is 5.91. The third-order valence-corrected chi connectivity index (χ3v) is 4.14. The van der Waals surface area contributed by atoms with Gasteiger partial charge in [0.1, 0.15) is 5.69 Å². The van der Waals surface area contributed by atoms with Crippen molar-refractivity contribution in [3.8, 4) is 0 Å². The van der Waals surface area contributed by atoms with E-state index in [0.717, 1.165) is 19.4 Å². The molecule has 0 N–H and O–H groups in total. The number of nitrogens with zero attached hydrogens (tertiary/aromatic N) is 3. The van der Waals surface area contributed by atoms with Crippen LogP contribution in [0.3, 0.4) is 0 Å². The van der Waals surface area contributed by atoms with Gasteiger partial charge in [-0.3, -0.25) is 14.9 Å². The average Bonchev–Trinajstić information content (AvgIpc) is 2.55. The number of nitro benzene ring substituents is 1. The Morgan fingerprint density at radius 2 is 2.22 bits per heavy atom. The Bertz CT molecular complexity index is 562. The number of likely N-dealkylation sites (N-methyl/N-ethyl adjacent to an activating group) is 1. The van der Waals surface area contributed by atoms with Crippen molar-refractivity contribution in [1.82, 2.24) is 4.90 Å². The van der Waals surface area contributed by atoms with Gasteiger partial charge in [0, 0.05) is 33.3 Å². The minimum atomic E-state index is -0.425. The highest BCUT2D eigenvalue weighted by atomic mass is 16.6. The van der Waals surface area contributed by atoms with Crippen LogP contribution in [0.15, 0.2) is 24.3 Å². The second kappa shape index (κ2) is 7.92. The zero-order valence-corrected chi connectivity index (χ0v) is 13.6. The summed E-state index contributed by atoms with van der Waals surface area (Å²) in [6.07, 6.45) is 2.03. The molecule has 1 aromatic carbocycles. The van der Waals surface area contributed by atoms with Gasteiger partial charge < -0.3 is 14.5 Å². The standard InChI is InChI=1S/C16H23N3O4/c1-17(14-7-3-4-8-15(14)19(21)22)11-16(20)18-9-5-6-13(10-18)12-23-2/h3-4,7-8,13H,5-6,9-12H2,1-2H3/t13-/m1/s1. The van der Waals surface area contributed by atoms with Crippen LogP contribution in [0.1, 0.15) is 12.8 Å². The molecule has 1 fully saturated rings. The summed E-state index contributed by atoms with van der Waals surface area (Å²) in [6, 6.07) is 6.47. The van der Waals surface area contributed by atoms with Gasteiger partial charge in [0.2, 0.25) is 5.91 Å². The lowest BCUT2D eigenvalue weighted by molar-refractivity contribution is -0.384. The number of carbonyl (C=O) groups excluding carboxylic acids is 1. The predicted molar refractivity (Wildman–Crippen MR) is 87.5 cm³/mol. The maximum absolute atomic E-state index is 12.5. The molecular weight excluding hydrogens is 298 g/mol. The Morgan fingerprint density at radius 3 is 2.91 bits per heavy atom. The van der Waals surface area contributed by atoms with Crippen LogP contribution in [0.25, 0.3) is 0 Å². The van der Waals surface area contributed by atoms with Gasteiger partial charge in [0.15, 0.2) is 0 Å². The van der Waals surface area contributed by atoms with Gasteiger partial charge in [0.25, 0.3) is 5.69 Å². The quantitative estimate of drug-likeness (QED) is 0.591. The van der Waals surface area contributed by atoms with Gasteiger partial charge in [-0.05, 0) is 24.8 Å². The Labute approximate surface area is 136 Å². The first kappa shape index (κ1) is 17.2. The molecule has 0 aromatic heterocycles. The summed E-state index contributed by atoms with van der Waals surface area (Å²) in [5, 5.41) is 11.1. The van der Waals surface area contributed by atoms with Crippen molar-refractivity contribution in [2.24, 2.45) is 5.92 Å². The molecule has 0 radical (unpaired) electrons. The number of benzene rings is 1. The molecule has 126 valence electrons. The normalized spacial score (nSPS) is 17.8. The molecular formula is C16H23N3O4. The molecule has 0 unspecified atom stereocenters. The van der Waals surface area contributed by atoms with Gasteiger partial charge in [0.05, 0.1) is 18.1 Å². The van der Waals surface area contributed by atoms with Crippen LogP contribution in [0.4, 0.5) is 11.4 Å². The molecule has 0 saturated carbocycles. The molecule has 1 aromatic rings. The van der Waals surface area contributed by atoms with Crippen LogP contribution in [-0.2, 0) is 9.53 Å². The summed E-state index contributed by atoms with van der Waals surface area (Å²) < 4.78 is 5.18. The maximum Gasteiger partial charge on any atom is 0.292 e. The minimum absolute atomic E-state index is 0.00791. The number of rotatable bonds is 6. The molecule has 0 aliphatic carbocycles. The van der Waals surface area contributed by atoms with Crippen LogP contribution >= 0.6 is 0 Å². The molecule has 0 bridgehead atoms. The molecule has 1 saturated heterocycles. The number of para-hydroxylation sites is 2. The van der Waals surface area contributed by atoms with E-state index in [1.807, 2.05) is 4.90 Å². The lowest BCUT2D eigenvalue weighted by Gasteiger charge is -2.33. The zero-order chi connectivity index (χ0) is 16.8. The van der Waals surface area contributed by atoms with Crippen molar-refractivity contribution in [2.45, 2.75) is 12.8 Å². The molecule has 1 heterocycles. The minimum Gasteiger partial charge on any atom is -0.384 e. The van der Waals surface area contributed by atoms with Gasteiger partial charge in [-0.25, -0.2) is 0 Å². The third kappa shape index (κ3) is 4.41. The topological polar surface area (TPSA) is 75.9 Å². The molecule has 1 amide bonds. The number of amides is 1. The van der Waals surface area contributed by atoms with Crippen LogP contribution in [0, 0.1) is 16.0 Å². The predicted octanol–water partition coefficient (Wildman–Crippen LogP) is 1.92. The first-order valence-electron chi connectivity index (χ1n) is 7.74. The Balaban J connectivity index is 2.01. The van der Waals surface area contributed by atoms with E-state index in [9.17, 15) is 14.9 Å². The van der Waals surface area contributed by atoms with Crippen LogP contribution in [-0.4, -0.2) is 56.1 Å². The summed E-state index contributed by atoms with van der Waals surface area (Å²) in [7, 11) is 3.37. The first-order chi connectivity index (χ1) is 11.0. The number of ether oxygens (including phenoxy) is 1. The Hall–Kier alpha value is -2.15. The van der Waals surface area contributed by atoms with Crippen molar-refractivity contribution >= 4 is 17.3 Å². The molecule has 2 rings (SSSR count). The lowest BCUT2D eigenvalue weighted by atomic mass is 9.99. The van der Waals surface area contributed by atoms with E-state index in [1.54, 1.807) is 37.3 Å². The fraction of sp³-hybridized carbons (Fsp3) is 0.562. The van der Waals surface area contributed by atoms with Gasteiger partial charge in [-0.2, -0.15) is 0 Å². The van der Waals surface area contributed by atoms with E-state index in [0.29, 0.717) is 24.8 Å². The maximum atomic E-state index is 12.5. The van der Waals surface area contributed by atoms with Crippen LogP contribution in [0.5, 0.6) is 0 Å². The monoisotopic (exact) mass is 321 g/mol. The van der Waals surface area contributed by atoms with Gasteiger partial charge in [-0.1, -0.05) is 12.1 Å². The fourth-order valence-corrected chi connectivity index (χ4v) is 2.99. The molecule has 1 aliphatic rings. The van der Waals surface area contributed by atoms with E-state index in [2.05, 4.69) is 0 Å². The lowest BCUT2D eigenvalue weighted by Crippen LogP contribution is -2.45. The summed E-state index contributed by atoms with van der Waals surface area (Å²) >= 11 is 0. The van der Waals surface area contributed by atoms with Crippen LogP contribution in [0.2, 0.25) is 0 Å². The molecule has 0 spiro atoms. The number of anilines is 1. The van der Waals surface area contributed by atoms with Gasteiger partial charge in [-0.15, -0.1) is 0 Å². The largest absolute Gasteiger partial charge is 0.384 e. The first-order valence-corrected chi connectivity index (χ1v) is 7.74. The van der Waals surface area contributed by atoms with E-state index >= 15 is 0 Å². The number of nitro groups is 1. The highest BCUT2D eigenvalue weighted by molar-refractivity contribution is 5.82. The van der Waals surface area contributed by atoms with E-state index in [4.69, 9.17) is 4.74 Å². The molecule has 23 heavy (non-hydrogen) atoms. The summed E-state index contributed by atoms with van der Waals surface area (Å²) in [6.45, 7) is 2.22.